The number of nitrogens with one attached hydrogen (secondary N) is 1. The number of nitrogen functional groups attached to an aromatic ring is 1. The third kappa shape index (κ3) is 3.69. The Morgan fingerprint density at radius 2 is 2.21 bits per heavy atom. The normalized spacial score (nSPS) is 11.4. The standard InChI is InChI=1S/C7H9ClF2N4/c1-7(9,10)3-12-5-2-4(8)13-6(11)14-5/h2H,3H2,1H3,(H3,11,12,13,14). The number of hydrogen-bond donors (Lipinski definition) is 2. The number of aromatic nitrogens is 2. The van der Waals surface area contributed by atoms with Crippen molar-refractivity contribution in [1.29, 1.82) is 0 Å². The summed E-state index contributed by atoms with van der Waals surface area (Å²) in [6.45, 7) is 0.270. The summed E-state index contributed by atoms with van der Waals surface area (Å²) in [6.07, 6.45) is 0. The zero-order valence-electron chi connectivity index (χ0n) is 7.39. The van der Waals surface area contributed by atoms with Gasteiger partial charge in [-0.05, 0) is 0 Å². The Morgan fingerprint density at radius 1 is 1.57 bits per heavy atom. The van der Waals surface area contributed by atoms with E-state index in [9.17, 15) is 8.78 Å². The van der Waals surface area contributed by atoms with Crippen molar-refractivity contribution >= 4 is 23.4 Å². The molecule has 0 saturated carbocycles. The van der Waals surface area contributed by atoms with Gasteiger partial charge in [0.1, 0.15) is 11.0 Å². The predicted octanol–water partition coefficient (Wildman–Crippen LogP) is 1.78. The minimum atomic E-state index is -2.81. The van der Waals surface area contributed by atoms with Gasteiger partial charge in [-0.25, -0.2) is 13.8 Å². The summed E-state index contributed by atoms with van der Waals surface area (Å²) >= 11 is 5.54. The molecule has 0 aliphatic rings. The average Bonchev–Trinajstić information content (AvgIpc) is 1.97. The molecule has 78 valence electrons. The van der Waals surface area contributed by atoms with E-state index in [1.807, 2.05) is 0 Å². The molecule has 0 aromatic carbocycles. The zero-order chi connectivity index (χ0) is 10.8. The monoisotopic (exact) mass is 222 g/mol. The molecule has 0 amide bonds. The average molecular weight is 223 g/mol. The van der Waals surface area contributed by atoms with Crippen molar-refractivity contribution < 1.29 is 8.78 Å². The summed E-state index contributed by atoms with van der Waals surface area (Å²) in [5.41, 5.74) is 5.26. The summed E-state index contributed by atoms with van der Waals surface area (Å²) in [7, 11) is 0. The van der Waals surface area contributed by atoms with E-state index in [1.165, 1.54) is 6.07 Å². The Balaban J connectivity index is 2.68. The van der Waals surface area contributed by atoms with Gasteiger partial charge in [0.2, 0.25) is 5.95 Å². The van der Waals surface area contributed by atoms with E-state index in [0.29, 0.717) is 0 Å². The van der Waals surface area contributed by atoms with Crippen LogP contribution in [0.15, 0.2) is 6.07 Å². The maximum Gasteiger partial charge on any atom is 0.262 e. The van der Waals surface area contributed by atoms with Crippen LogP contribution in [0.3, 0.4) is 0 Å². The van der Waals surface area contributed by atoms with Crippen molar-refractivity contribution in [2.45, 2.75) is 12.8 Å². The van der Waals surface area contributed by atoms with E-state index in [2.05, 4.69) is 15.3 Å². The van der Waals surface area contributed by atoms with E-state index >= 15 is 0 Å². The molecular weight excluding hydrogens is 214 g/mol. The third-order valence-electron chi connectivity index (χ3n) is 1.29. The second-order valence-electron chi connectivity index (χ2n) is 2.86. The van der Waals surface area contributed by atoms with Crippen molar-refractivity contribution in [3.63, 3.8) is 0 Å². The van der Waals surface area contributed by atoms with Gasteiger partial charge in [-0.15, -0.1) is 0 Å². The van der Waals surface area contributed by atoms with Crippen molar-refractivity contribution in [3.05, 3.63) is 11.2 Å². The van der Waals surface area contributed by atoms with Crippen LogP contribution in [0, 0.1) is 0 Å². The second kappa shape index (κ2) is 3.91. The minimum absolute atomic E-state index is 0.0561. The van der Waals surface area contributed by atoms with E-state index in [-0.39, 0.29) is 16.9 Å². The molecule has 0 saturated heterocycles. The highest BCUT2D eigenvalue weighted by atomic mass is 35.5. The van der Waals surface area contributed by atoms with Crippen molar-refractivity contribution in [2.75, 3.05) is 17.6 Å². The van der Waals surface area contributed by atoms with E-state index in [0.717, 1.165) is 6.92 Å². The van der Waals surface area contributed by atoms with Crippen LogP contribution in [-0.2, 0) is 0 Å². The first-order valence-electron chi connectivity index (χ1n) is 3.78. The Bertz CT molecular complexity index is 306. The maximum absolute atomic E-state index is 12.4. The van der Waals surface area contributed by atoms with Crippen LogP contribution in [0.4, 0.5) is 20.5 Å². The largest absolute Gasteiger partial charge is 0.368 e. The highest BCUT2D eigenvalue weighted by molar-refractivity contribution is 6.29. The first kappa shape index (κ1) is 10.9. The van der Waals surface area contributed by atoms with E-state index < -0.39 is 12.5 Å². The summed E-state index contributed by atoms with van der Waals surface area (Å²) in [4.78, 5) is 7.26. The lowest BCUT2D eigenvalue weighted by Gasteiger charge is -2.11. The first-order valence-corrected chi connectivity index (χ1v) is 4.16. The fraction of sp³-hybridized carbons (Fsp3) is 0.429. The summed E-state index contributed by atoms with van der Waals surface area (Å²) in [5.74, 6) is -2.69. The molecule has 0 bridgehead atoms. The van der Waals surface area contributed by atoms with Gasteiger partial charge < -0.3 is 11.1 Å². The fourth-order valence-electron chi connectivity index (χ4n) is 0.772. The highest BCUT2D eigenvalue weighted by Crippen LogP contribution is 2.15. The Labute approximate surface area is 84.5 Å². The van der Waals surface area contributed by atoms with Crippen LogP contribution < -0.4 is 11.1 Å². The Kier molecular flexibility index (Phi) is 3.05. The summed E-state index contributed by atoms with van der Waals surface area (Å²) < 4.78 is 24.9. The van der Waals surface area contributed by atoms with Crippen LogP contribution in [0.25, 0.3) is 0 Å². The number of halogens is 3. The Morgan fingerprint density at radius 3 is 2.71 bits per heavy atom. The van der Waals surface area contributed by atoms with E-state index in [4.69, 9.17) is 17.3 Å². The topological polar surface area (TPSA) is 63.8 Å². The summed E-state index contributed by atoms with van der Waals surface area (Å²) in [5, 5.41) is 2.51. The molecule has 1 rings (SSSR count). The van der Waals surface area contributed by atoms with Gasteiger partial charge >= 0.3 is 0 Å². The minimum Gasteiger partial charge on any atom is -0.368 e. The Hall–Kier alpha value is -1.17. The molecule has 0 aliphatic carbocycles. The third-order valence-corrected chi connectivity index (χ3v) is 1.49. The van der Waals surface area contributed by atoms with Gasteiger partial charge in [0, 0.05) is 13.0 Å². The summed E-state index contributed by atoms with van der Waals surface area (Å²) in [6, 6.07) is 1.32. The van der Waals surface area contributed by atoms with Gasteiger partial charge in [0.05, 0.1) is 6.54 Å². The number of alkyl halides is 2. The molecule has 0 aliphatic heterocycles. The van der Waals surface area contributed by atoms with Crippen LogP contribution >= 0.6 is 11.6 Å². The quantitative estimate of drug-likeness (QED) is 0.766. The van der Waals surface area contributed by atoms with Gasteiger partial charge in [0.15, 0.2) is 0 Å². The molecular formula is C7H9ClF2N4. The molecule has 0 unspecified atom stereocenters. The lowest BCUT2D eigenvalue weighted by Crippen LogP contribution is -2.23. The molecule has 14 heavy (non-hydrogen) atoms. The maximum atomic E-state index is 12.4. The number of anilines is 2. The van der Waals surface area contributed by atoms with Crippen LogP contribution in [0.1, 0.15) is 6.92 Å². The van der Waals surface area contributed by atoms with Crippen molar-refractivity contribution in [1.82, 2.24) is 9.97 Å². The highest BCUT2D eigenvalue weighted by Gasteiger charge is 2.20. The molecule has 0 atom stereocenters. The number of rotatable bonds is 3. The fourth-order valence-corrected chi connectivity index (χ4v) is 0.961. The van der Waals surface area contributed by atoms with Gasteiger partial charge in [0.25, 0.3) is 5.92 Å². The molecule has 0 fully saturated rings. The number of nitrogens with two attached hydrogens (primary N) is 1. The van der Waals surface area contributed by atoms with Crippen molar-refractivity contribution in [2.24, 2.45) is 0 Å². The van der Waals surface area contributed by atoms with Crippen molar-refractivity contribution in [3.8, 4) is 0 Å². The number of nitrogens with zero attached hydrogens (tertiary/aromatic N) is 2. The second-order valence-corrected chi connectivity index (χ2v) is 3.25. The van der Waals surface area contributed by atoms with Gasteiger partial charge in [-0.1, -0.05) is 11.6 Å². The molecule has 1 aromatic rings. The molecule has 3 N–H and O–H groups in total. The molecule has 1 aromatic heterocycles. The lowest BCUT2D eigenvalue weighted by molar-refractivity contribution is 0.0367. The van der Waals surface area contributed by atoms with Gasteiger partial charge in [-0.2, -0.15) is 4.98 Å². The SMILES string of the molecule is CC(F)(F)CNc1cc(Cl)nc(N)n1. The lowest BCUT2D eigenvalue weighted by atomic mass is 10.4. The smallest absolute Gasteiger partial charge is 0.262 e. The molecule has 7 heteroatoms. The predicted molar refractivity (Wildman–Crippen MR) is 50.6 cm³/mol. The van der Waals surface area contributed by atoms with Gasteiger partial charge in [-0.3, -0.25) is 0 Å². The first-order chi connectivity index (χ1) is 6.37. The van der Waals surface area contributed by atoms with Crippen LogP contribution in [0.2, 0.25) is 5.15 Å². The molecule has 1 heterocycles. The molecule has 4 nitrogen and oxygen atoms in total. The number of hydrogen-bond acceptors (Lipinski definition) is 4. The zero-order valence-corrected chi connectivity index (χ0v) is 8.15. The van der Waals surface area contributed by atoms with Crippen LogP contribution in [0.5, 0.6) is 0 Å². The van der Waals surface area contributed by atoms with E-state index in [1.54, 1.807) is 0 Å². The molecule has 0 spiro atoms. The van der Waals surface area contributed by atoms with Crippen LogP contribution in [-0.4, -0.2) is 22.4 Å². The molecule has 0 radical (unpaired) electrons.